The summed E-state index contributed by atoms with van der Waals surface area (Å²) in [6.07, 6.45) is 5.68. The van der Waals surface area contributed by atoms with Crippen molar-refractivity contribution in [1.82, 2.24) is 4.57 Å². The molecule has 1 aromatic carbocycles. The number of aliphatic hydroxyl groups excluding tert-OH is 1. The van der Waals surface area contributed by atoms with Gasteiger partial charge < -0.3 is 9.67 Å². The van der Waals surface area contributed by atoms with E-state index >= 15 is 0 Å². The molecular weight excluding hydrogens is 310 g/mol. The summed E-state index contributed by atoms with van der Waals surface area (Å²) in [7, 11) is 1.97. The Bertz CT molecular complexity index is 670. The van der Waals surface area contributed by atoms with E-state index in [0.29, 0.717) is 6.42 Å². The number of aliphatic hydroxyl groups is 1. The van der Waals surface area contributed by atoms with E-state index in [2.05, 4.69) is 31.2 Å². The molecule has 0 saturated carbocycles. The van der Waals surface area contributed by atoms with E-state index in [1.807, 2.05) is 30.7 Å². The lowest BCUT2D eigenvalue weighted by atomic mass is 10.0. The quantitative estimate of drug-likeness (QED) is 0.640. The number of aryl methyl sites for hydroxylation is 3. The number of carbonyl (C=O) groups excluding carboxylic acids is 1. The van der Waals surface area contributed by atoms with Gasteiger partial charge in [-0.1, -0.05) is 36.8 Å². The molecule has 1 heterocycles. The SMILES string of the molecule is CCC(O)CCCc1ccc(C(=O)CCCc2ccc(C)cc2)n1C. The van der Waals surface area contributed by atoms with Gasteiger partial charge in [0.15, 0.2) is 5.78 Å². The van der Waals surface area contributed by atoms with Gasteiger partial charge in [-0.3, -0.25) is 4.79 Å². The molecule has 2 aromatic rings. The van der Waals surface area contributed by atoms with E-state index in [-0.39, 0.29) is 11.9 Å². The highest BCUT2D eigenvalue weighted by atomic mass is 16.3. The zero-order valence-electron chi connectivity index (χ0n) is 15.8. The van der Waals surface area contributed by atoms with Crippen molar-refractivity contribution in [3.63, 3.8) is 0 Å². The van der Waals surface area contributed by atoms with Gasteiger partial charge in [-0.15, -0.1) is 0 Å². The summed E-state index contributed by atoms with van der Waals surface area (Å²) in [6, 6.07) is 12.5. The Labute approximate surface area is 151 Å². The molecule has 1 N–H and O–H groups in total. The predicted octanol–water partition coefficient (Wildman–Crippen LogP) is 4.63. The highest BCUT2D eigenvalue weighted by Gasteiger charge is 2.12. The van der Waals surface area contributed by atoms with Crippen molar-refractivity contribution >= 4 is 5.78 Å². The van der Waals surface area contributed by atoms with Crippen LogP contribution in [0.15, 0.2) is 36.4 Å². The Morgan fingerprint density at radius 2 is 1.80 bits per heavy atom. The number of benzene rings is 1. The zero-order chi connectivity index (χ0) is 18.2. The smallest absolute Gasteiger partial charge is 0.179 e. The number of Topliss-reactive ketones (excluding diaryl/α,β-unsaturated/α-hetero) is 1. The van der Waals surface area contributed by atoms with Gasteiger partial charge in [-0.2, -0.15) is 0 Å². The van der Waals surface area contributed by atoms with Gasteiger partial charge >= 0.3 is 0 Å². The fourth-order valence-electron chi connectivity index (χ4n) is 3.14. The maximum atomic E-state index is 12.5. The van der Waals surface area contributed by atoms with Crippen molar-refractivity contribution in [3.05, 3.63) is 58.9 Å². The van der Waals surface area contributed by atoms with E-state index < -0.39 is 0 Å². The highest BCUT2D eigenvalue weighted by molar-refractivity contribution is 5.94. The molecule has 2 rings (SSSR count). The van der Waals surface area contributed by atoms with Crippen molar-refractivity contribution in [1.29, 1.82) is 0 Å². The van der Waals surface area contributed by atoms with Gasteiger partial charge in [0.2, 0.25) is 0 Å². The Hall–Kier alpha value is -1.87. The first kappa shape index (κ1) is 19.5. The van der Waals surface area contributed by atoms with Crippen molar-refractivity contribution in [2.45, 2.75) is 64.9 Å². The first-order valence-electron chi connectivity index (χ1n) is 9.42. The average molecular weight is 341 g/mol. The molecule has 0 aliphatic carbocycles. The molecule has 0 saturated heterocycles. The first-order valence-corrected chi connectivity index (χ1v) is 9.42. The molecule has 25 heavy (non-hydrogen) atoms. The molecule has 0 spiro atoms. The Morgan fingerprint density at radius 1 is 1.08 bits per heavy atom. The molecule has 0 aliphatic rings. The van der Waals surface area contributed by atoms with Crippen LogP contribution in [-0.2, 0) is 19.9 Å². The van der Waals surface area contributed by atoms with Crippen molar-refractivity contribution < 1.29 is 9.90 Å². The molecule has 0 amide bonds. The molecular formula is C22H31NO2. The maximum absolute atomic E-state index is 12.5. The molecule has 3 nitrogen and oxygen atoms in total. The van der Waals surface area contributed by atoms with Crippen LogP contribution in [0.5, 0.6) is 0 Å². The maximum Gasteiger partial charge on any atom is 0.179 e. The summed E-state index contributed by atoms with van der Waals surface area (Å²) >= 11 is 0. The number of hydrogen-bond acceptors (Lipinski definition) is 2. The average Bonchev–Trinajstić information content (AvgIpc) is 2.97. The van der Waals surface area contributed by atoms with Gasteiger partial charge in [-0.05, 0) is 63.1 Å². The second-order valence-electron chi connectivity index (χ2n) is 6.99. The van der Waals surface area contributed by atoms with E-state index in [1.54, 1.807) is 0 Å². The second kappa shape index (κ2) is 9.57. The molecule has 1 aromatic heterocycles. The Morgan fingerprint density at radius 3 is 2.48 bits per heavy atom. The molecule has 0 fully saturated rings. The minimum atomic E-state index is -0.205. The monoisotopic (exact) mass is 341 g/mol. The summed E-state index contributed by atoms with van der Waals surface area (Å²) in [4.78, 5) is 12.5. The third kappa shape index (κ3) is 5.86. The minimum absolute atomic E-state index is 0.205. The van der Waals surface area contributed by atoms with Crippen molar-refractivity contribution in [3.8, 4) is 0 Å². The summed E-state index contributed by atoms with van der Waals surface area (Å²) in [6.45, 7) is 4.09. The zero-order valence-corrected chi connectivity index (χ0v) is 15.8. The Balaban J connectivity index is 1.82. The number of nitrogens with zero attached hydrogens (tertiary/aromatic N) is 1. The molecule has 1 atom stereocenters. The largest absolute Gasteiger partial charge is 0.393 e. The van der Waals surface area contributed by atoms with E-state index in [0.717, 1.165) is 44.2 Å². The topological polar surface area (TPSA) is 42.2 Å². The van der Waals surface area contributed by atoms with E-state index in [1.165, 1.54) is 16.8 Å². The summed E-state index contributed by atoms with van der Waals surface area (Å²) < 4.78 is 2.02. The van der Waals surface area contributed by atoms with E-state index in [9.17, 15) is 9.90 Å². The lowest BCUT2D eigenvalue weighted by molar-refractivity contribution is 0.0972. The van der Waals surface area contributed by atoms with Crippen molar-refractivity contribution in [2.75, 3.05) is 0 Å². The fraction of sp³-hybridized carbons (Fsp3) is 0.500. The van der Waals surface area contributed by atoms with Gasteiger partial charge in [-0.25, -0.2) is 0 Å². The number of rotatable bonds is 10. The van der Waals surface area contributed by atoms with Crippen LogP contribution in [0.4, 0.5) is 0 Å². The first-order chi connectivity index (χ1) is 12.0. The van der Waals surface area contributed by atoms with Crippen molar-refractivity contribution in [2.24, 2.45) is 7.05 Å². The molecule has 0 radical (unpaired) electrons. The second-order valence-corrected chi connectivity index (χ2v) is 6.99. The number of ketones is 1. The standard InChI is InChI=1S/C22H31NO2/c1-4-20(24)9-6-8-19-15-16-21(23(19)3)22(25)10-5-7-18-13-11-17(2)12-14-18/h11-16,20,24H,4-10H2,1-3H3. The van der Waals surface area contributed by atoms with Gasteiger partial charge in [0.05, 0.1) is 11.8 Å². The number of carbonyl (C=O) groups is 1. The molecule has 136 valence electrons. The number of hydrogen-bond donors (Lipinski definition) is 1. The van der Waals surface area contributed by atoms with Crippen LogP contribution < -0.4 is 0 Å². The molecule has 0 aliphatic heterocycles. The molecule has 3 heteroatoms. The molecule has 0 bridgehead atoms. The predicted molar refractivity (Wildman–Crippen MR) is 103 cm³/mol. The third-order valence-electron chi connectivity index (χ3n) is 4.94. The lowest BCUT2D eigenvalue weighted by Crippen LogP contribution is -2.09. The number of aromatic nitrogens is 1. The van der Waals surface area contributed by atoms with Crippen LogP contribution in [0.25, 0.3) is 0 Å². The lowest BCUT2D eigenvalue weighted by Gasteiger charge is -2.09. The minimum Gasteiger partial charge on any atom is -0.393 e. The normalized spacial score (nSPS) is 12.3. The summed E-state index contributed by atoms with van der Waals surface area (Å²) in [5.74, 6) is 0.217. The highest BCUT2D eigenvalue weighted by Crippen LogP contribution is 2.15. The summed E-state index contributed by atoms with van der Waals surface area (Å²) in [5.41, 5.74) is 4.53. The van der Waals surface area contributed by atoms with Crippen LogP contribution in [0.3, 0.4) is 0 Å². The van der Waals surface area contributed by atoms with Gasteiger partial charge in [0.1, 0.15) is 0 Å². The van der Waals surface area contributed by atoms with Crippen LogP contribution >= 0.6 is 0 Å². The van der Waals surface area contributed by atoms with Gasteiger partial charge in [0.25, 0.3) is 0 Å². The fourth-order valence-corrected chi connectivity index (χ4v) is 3.14. The van der Waals surface area contributed by atoms with Crippen LogP contribution in [0, 0.1) is 6.92 Å². The summed E-state index contributed by atoms with van der Waals surface area (Å²) in [5, 5.41) is 9.64. The Kier molecular flexibility index (Phi) is 7.45. The van der Waals surface area contributed by atoms with Gasteiger partial charge in [0, 0.05) is 19.2 Å². The molecule has 1 unspecified atom stereocenters. The van der Waals surface area contributed by atoms with Crippen LogP contribution in [0.1, 0.15) is 66.3 Å². The van der Waals surface area contributed by atoms with Crippen LogP contribution in [0.2, 0.25) is 0 Å². The van der Waals surface area contributed by atoms with Crippen LogP contribution in [-0.4, -0.2) is 21.6 Å². The third-order valence-corrected chi connectivity index (χ3v) is 4.94. The van der Waals surface area contributed by atoms with E-state index in [4.69, 9.17) is 0 Å².